The number of nitrogens with zero attached hydrogens (tertiary/aromatic N) is 3. The number of hydrogen-bond acceptors (Lipinski definition) is 7. The molecule has 1 fully saturated rings. The van der Waals surface area contributed by atoms with Crippen molar-refractivity contribution in [3.63, 3.8) is 0 Å². The molecule has 1 aromatic carbocycles. The Balaban J connectivity index is 1.53. The molecular formula is C18H16Cl2N4O4S2. The predicted octanol–water partition coefficient (Wildman–Crippen LogP) is 4.29. The van der Waals surface area contributed by atoms with Gasteiger partial charge in [0.15, 0.2) is 0 Å². The molecule has 158 valence electrons. The quantitative estimate of drug-likeness (QED) is 0.576. The Labute approximate surface area is 186 Å². The Kier molecular flexibility index (Phi) is 6.12. The van der Waals surface area contributed by atoms with Crippen LogP contribution in [0.5, 0.6) is 0 Å². The standard InChI is InChI=1S/C18H16Cl2N4O4S2/c19-12-8-11(9-13(20)10-12)17-22-23-18(28-17)21-16(25)14-4-1-2-6-24(14)30(26,27)15-5-3-7-29-15/h3,5,7-10,14H,1-2,4,6H2,(H,21,23,25). The minimum Gasteiger partial charge on any atom is -0.403 e. The zero-order valence-corrected chi connectivity index (χ0v) is 18.6. The monoisotopic (exact) mass is 486 g/mol. The van der Waals surface area contributed by atoms with Crippen LogP contribution in [0.1, 0.15) is 19.3 Å². The van der Waals surface area contributed by atoms with Gasteiger partial charge in [-0.15, -0.1) is 16.4 Å². The molecule has 0 aliphatic carbocycles. The van der Waals surface area contributed by atoms with Gasteiger partial charge in [-0.3, -0.25) is 10.1 Å². The smallest absolute Gasteiger partial charge is 0.322 e. The third-order valence-electron chi connectivity index (χ3n) is 4.58. The van der Waals surface area contributed by atoms with E-state index in [-0.39, 0.29) is 22.7 Å². The van der Waals surface area contributed by atoms with Crippen molar-refractivity contribution >= 4 is 56.5 Å². The van der Waals surface area contributed by atoms with Gasteiger partial charge in [-0.25, -0.2) is 8.42 Å². The van der Waals surface area contributed by atoms with Gasteiger partial charge in [-0.2, -0.15) is 4.31 Å². The Hall–Kier alpha value is -1.98. The molecule has 1 aliphatic rings. The van der Waals surface area contributed by atoms with Crippen LogP contribution in [0.25, 0.3) is 11.5 Å². The molecule has 12 heteroatoms. The van der Waals surface area contributed by atoms with E-state index in [0.717, 1.165) is 17.8 Å². The lowest BCUT2D eigenvalue weighted by Gasteiger charge is -2.32. The molecule has 3 aromatic rings. The number of carbonyl (C=O) groups is 1. The van der Waals surface area contributed by atoms with Crippen molar-refractivity contribution in [3.8, 4) is 11.5 Å². The first-order chi connectivity index (χ1) is 14.3. The van der Waals surface area contributed by atoms with E-state index >= 15 is 0 Å². The number of nitrogens with one attached hydrogen (secondary N) is 1. The molecule has 0 saturated carbocycles. The van der Waals surface area contributed by atoms with Crippen LogP contribution < -0.4 is 5.32 Å². The summed E-state index contributed by atoms with van der Waals surface area (Å²) in [6.07, 6.45) is 1.83. The van der Waals surface area contributed by atoms with E-state index in [1.807, 2.05) is 0 Å². The number of hydrogen-bond donors (Lipinski definition) is 1. The van der Waals surface area contributed by atoms with E-state index in [9.17, 15) is 13.2 Å². The maximum Gasteiger partial charge on any atom is 0.322 e. The fourth-order valence-corrected chi connectivity index (χ4v) is 6.54. The van der Waals surface area contributed by atoms with Crippen LogP contribution >= 0.6 is 34.5 Å². The van der Waals surface area contributed by atoms with Crippen LogP contribution in [-0.2, 0) is 14.8 Å². The van der Waals surface area contributed by atoms with Crippen molar-refractivity contribution in [1.29, 1.82) is 0 Å². The van der Waals surface area contributed by atoms with E-state index < -0.39 is 22.0 Å². The zero-order valence-electron chi connectivity index (χ0n) is 15.4. The summed E-state index contributed by atoms with van der Waals surface area (Å²) in [6, 6.07) is 6.97. The van der Waals surface area contributed by atoms with Gasteiger partial charge in [0.25, 0.3) is 10.0 Å². The van der Waals surface area contributed by atoms with Crippen molar-refractivity contribution in [2.75, 3.05) is 11.9 Å². The highest BCUT2D eigenvalue weighted by Crippen LogP contribution is 2.30. The molecule has 3 heterocycles. The van der Waals surface area contributed by atoms with Crippen LogP contribution in [0, 0.1) is 0 Å². The van der Waals surface area contributed by atoms with Crippen LogP contribution in [0.15, 0.2) is 44.3 Å². The summed E-state index contributed by atoms with van der Waals surface area (Å²) in [5, 5.41) is 12.7. The lowest BCUT2D eigenvalue weighted by atomic mass is 10.0. The first kappa shape index (κ1) is 21.3. The van der Waals surface area contributed by atoms with Crippen molar-refractivity contribution in [2.45, 2.75) is 29.5 Å². The van der Waals surface area contributed by atoms with Crippen molar-refractivity contribution in [1.82, 2.24) is 14.5 Å². The van der Waals surface area contributed by atoms with Crippen LogP contribution in [-0.4, -0.2) is 41.4 Å². The number of amides is 1. The molecule has 1 N–H and O–H groups in total. The zero-order chi connectivity index (χ0) is 21.3. The van der Waals surface area contributed by atoms with Gasteiger partial charge in [0, 0.05) is 22.2 Å². The summed E-state index contributed by atoms with van der Waals surface area (Å²) in [6.45, 7) is 0.272. The molecule has 1 amide bonds. The molecule has 4 rings (SSSR count). The highest BCUT2D eigenvalue weighted by atomic mass is 35.5. The second kappa shape index (κ2) is 8.64. The van der Waals surface area contributed by atoms with E-state index in [0.29, 0.717) is 28.5 Å². The van der Waals surface area contributed by atoms with E-state index in [2.05, 4.69) is 15.5 Å². The largest absolute Gasteiger partial charge is 0.403 e. The number of sulfonamides is 1. The third-order valence-corrected chi connectivity index (χ3v) is 8.30. The molecule has 0 radical (unpaired) electrons. The topological polar surface area (TPSA) is 105 Å². The van der Waals surface area contributed by atoms with E-state index in [1.165, 1.54) is 10.4 Å². The number of piperidine rings is 1. The van der Waals surface area contributed by atoms with Gasteiger partial charge in [0.05, 0.1) is 0 Å². The fraction of sp³-hybridized carbons (Fsp3) is 0.278. The Bertz CT molecular complexity index is 1140. The van der Waals surface area contributed by atoms with Crippen LogP contribution in [0.4, 0.5) is 6.01 Å². The third kappa shape index (κ3) is 4.37. The molecule has 8 nitrogen and oxygen atoms in total. The Morgan fingerprint density at radius 1 is 1.20 bits per heavy atom. The predicted molar refractivity (Wildman–Crippen MR) is 114 cm³/mol. The molecule has 1 atom stereocenters. The molecule has 1 saturated heterocycles. The van der Waals surface area contributed by atoms with Crippen molar-refractivity contribution in [3.05, 3.63) is 45.8 Å². The van der Waals surface area contributed by atoms with Gasteiger partial charge in [-0.05, 0) is 42.5 Å². The fourth-order valence-electron chi connectivity index (χ4n) is 3.24. The SMILES string of the molecule is O=C(Nc1nnc(-c2cc(Cl)cc(Cl)c2)o1)C1CCCCN1S(=O)(=O)c1cccs1. The number of anilines is 1. The van der Waals surface area contributed by atoms with Crippen molar-refractivity contribution < 1.29 is 17.6 Å². The van der Waals surface area contributed by atoms with Gasteiger partial charge < -0.3 is 4.42 Å². The van der Waals surface area contributed by atoms with Gasteiger partial charge in [-0.1, -0.05) is 40.8 Å². The number of thiophene rings is 1. The maximum atomic E-state index is 12.9. The number of aromatic nitrogens is 2. The Morgan fingerprint density at radius 3 is 2.67 bits per heavy atom. The lowest BCUT2D eigenvalue weighted by Crippen LogP contribution is -2.49. The molecular weight excluding hydrogens is 471 g/mol. The average molecular weight is 487 g/mol. The molecule has 2 aromatic heterocycles. The number of benzene rings is 1. The van der Waals surface area contributed by atoms with E-state index in [4.69, 9.17) is 27.6 Å². The minimum atomic E-state index is -3.76. The summed E-state index contributed by atoms with van der Waals surface area (Å²) < 4.78 is 32.8. The summed E-state index contributed by atoms with van der Waals surface area (Å²) in [5.74, 6) is -0.393. The summed E-state index contributed by atoms with van der Waals surface area (Å²) >= 11 is 13.1. The lowest BCUT2D eigenvalue weighted by molar-refractivity contribution is -0.120. The number of carbonyl (C=O) groups excluding carboxylic acids is 1. The van der Waals surface area contributed by atoms with Gasteiger partial charge >= 0.3 is 6.01 Å². The summed E-state index contributed by atoms with van der Waals surface area (Å²) in [5.41, 5.74) is 0.500. The molecule has 0 bridgehead atoms. The molecule has 0 spiro atoms. The second-order valence-electron chi connectivity index (χ2n) is 6.62. The highest BCUT2D eigenvalue weighted by molar-refractivity contribution is 7.91. The van der Waals surface area contributed by atoms with Crippen molar-refractivity contribution in [2.24, 2.45) is 0 Å². The highest BCUT2D eigenvalue weighted by Gasteiger charge is 2.38. The summed E-state index contributed by atoms with van der Waals surface area (Å²) in [4.78, 5) is 12.9. The van der Waals surface area contributed by atoms with E-state index in [1.54, 1.807) is 29.6 Å². The Morgan fingerprint density at radius 2 is 1.97 bits per heavy atom. The minimum absolute atomic E-state index is 0.126. The first-order valence-corrected chi connectivity index (χ1v) is 12.1. The first-order valence-electron chi connectivity index (χ1n) is 9.01. The summed E-state index contributed by atoms with van der Waals surface area (Å²) in [7, 11) is -3.76. The van der Waals surface area contributed by atoms with Gasteiger partial charge in [0.2, 0.25) is 11.8 Å². The maximum absolute atomic E-state index is 12.9. The van der Waals surface area contributed by atoms with Crippen LogP contribution in [0.2, 0.25) is 10.0 Å². The van der Waals surface area contributed by atoms with Gasteiger partial charge in [0.1, 0.15) is 10.3 Å². The average Bonchev–Trinajstić information content (AvgIpc) is 3.40. The number of rotatable bonds is 5. The molecule has 1 unspecified atom stereocenters. The molecule has 1 aliphatic heterocycles. The normalized spacial score (nSPS) is 17.7. The molecule has 30 heavy (non-hydrogen) atoms. The number of halogens is 2. The second-order valence-corrected chi connectivity index (χ2v) is 10.6. The van der Waals surface area contributed by atoms with Crippen LogP contribution in [0.3, 0.4) is 0 Å².